The van der Waals surface area contributed by atoms with Crippen LogP contribution in [0.2, 0.25) is 0 Å². The largest absolute Gasteiger partial charge is 0.472 e. The third-order valence-electron chi connectivity index (χ3n) is 2.10. The Kier molecular flexibility index (Phi) is 2.49. The molecule has 1 aromatic rings. The highest BCUT2D eigenvalue weighted by Gasteiger charge is 2.21. The molecule has 1 aliphatic carbocycles. The van der Waals surface area contributed by atoms with E-state index in [1.54, 1.807) is 0 Å². The Morgan fingerprint density at radius 3 is 2.85 bits per heavy atom. The topological polar surface area (TPSA) is 22.1 Å². The van der Waals surface area contributed by atoms with Crippen molar-refractivity contribution in [2.45, 2.75) is 25.4 Å². The maximum absolute atomic E-state index is 13.2. The fourth-order valence-corrected chi connectivity index (χ4v) is 1.44. The van der Waals surface area contributed by atoms with E-state index in [2.05, 4.69) is 20.9 Å². The second-order valence-electron chi connectivity index (χ2n) is 3.11. The lowest BCUT2D eigenvalue weighted by Gasteiger charge is -2.25. The van der Waals surface area contributed by atoms with Crippen molar-refractivity contribution in [2.24, 2.45) is 0 Å². The summed E-state index contributed by atoms with van der Waals surface area (Å²) in [5, 5.41) is 0. The zero-order valence-corrected chi connectivity index (χ0v) is 8.55. The average molecular weight is 246 g/mol. The van der Waals surface area contributed by atoms with Crippen molar-refractivity contribution in [2.75, 3.05) is 0 Å². The number of aromatic nitrogens is 1. The van der Waals surface area contributed by atoms with Gasteiger partial charge in [0, 0.05) is 10.7 Å². The zero-order valence-electron chi connectivity index (χ0n) is 6.96. The van der Waals surface area contributed by atoms with Crippen LogP contribution in [0.5, 0.6) is 5.88 Å². The molecule has 0 unspecified atom stereocenters. The summed E-state index contributed by atoms with van der Waals surface area (Å²) in [6, 6.07) is 1.36. The average Bonchev–Trinajstić information content (AvgIpc) is 1.99. The van der Waals surface area contributed by atoms with Crippen LogP contribution in [0.15, 0.2) is 16.7 Å². The Balaban J connectivity index is 2.10. The second-order valence-corrected chi connectivity index (χ2v) is 4.03. The number of ether oxygens (including phenoxy) is 1. The Morgan fingerprint density at radius 1 is 1.54 bits per heavy atom. The number of pyridine rings is 1. The molecule has 0 saturated heterocycles. The second kappa shape index (κ2) is 3.62. The molecule has 1 aromatic heterocycles. The van der Waals surface area contributed by atoms with E-state index in [1.165, 1.54) is 18.7 Å². The molecule has 0 aromatic carbocycles. The monoisotopic (exact) mass is 245 g/mol. The zero-order chi connectivity index (χ0) is 9.26. The van der Waals surface area contributed by atoms with E-state index in [-0.39, 0.29) is 12.0 Å². The summed E-state index contributed by atoms with van der Waals surface area (Å²) in [5.41, 5.74) is 0. The van der Waals surface area contributed by atoms with Gasteiger partial charge in [0.2, 0.25) is 0 Å². The fourth-order valence-electron chi connectivity index (χ4n) is 1.14. The van der Waals surface area contributed by atoms with Crippen LogP contribution in [-0.4, -0.2) is 11.1 Å². The van der Waals surface area contributed by atoms with Crippen LogP contribution >= 0.6 is 15.9 Å². The first-order valence-corrected chi connectivity index (χ1v) is 5.03. The van der Waals surface area contributed by atoms with Crippen LogP contribution < -0.4 is 4.74 Å². The van der Waals surface area contributed by atoms with Gasteiger partial charge >= 0.3 is 0 Å². The number of hydrogen-bond donors (Lipinski definition) is 0. The van der Waals surface area contributed by atoms with Crippen molar-refractivity contribution < 1.29 is 9.13 Å². The molecule has 1 fully saturated rings. The number of rotatable bonds is 2. The normalized spacial score (nSPS) is 16.8. The van der Waals surface area contributed by atoms with Gasteiger partial charge in [-0.2, -0.15) is 0 Å². The van der Waals surface area contributed by atoms with Gasteiger partial charge < -0.3 is 4.74 Å². The van der Waals surface area contributed by atoms with Crippen molar-refractivity contribution >= 4 is 15.9 Å². The lowest BCUT2D eigenvalue weighted by molar-refractivity contribution is 0.109. The molecule has 0 N–H and O–H groups in total. The summed E-state index contributed by atoms with van der Waals surface area (Å²) in [5.74, 6) is -0.283. The molecular formula is C9H9BrFNO. The van der Waals surface area contributed by atoms with Gasteiger partial charge in [-0.3, -0.25) is 0 Å². The van der Waals surface area contributed by atoms with Crippen molar-refractivity contribution in [3.8, 4) is 5.88 Å². The molecule has 0 amide bonds. The molecule has 0 bridgehead atoms. The Labute approximate surface area is 84.3 Å². The summed E-state index contributed by atoms with van der Waals surface area (Å²) < 4.78 is 19.1. The van der Waals surface area contributed by atoms with Gasteiger partial charge in [0.05, 0.1) is 0 Å². The van der Waals surface area contributed by atoms with Crippen LogP contribution in [0, 0.1) is 5.82 Å². The number of hydrogen-bond acceptors (Lipinski definition) is 2. The van der Waals surface area contributed by atoms with Gasteiger partial charge in [0.1, 0.15) is 6.10 Å². The van der Waals surface area contributed by atoms with Crippen molar-refractivity contribution in [1.29, 1.82) is 0 Å². The van der Waals surface area contributed by atoms with E-state index in [9.17, 15) is 4.39 Å². The Hall–Kier alpha value is -0.640. The standard InChI is InChI=1S/C9H9BrFNO/c10-6-4-8(11)9(12-5-6)13-7-2-1-3-7/h4-5,7H,1-3H2. The predicted molar refractivity (Wildman–Crippen MR) is 50.2 cm³/mol. The maximum atomic E-state index is 13.2. The summed E-state index contributed by atoms with van der Waals surface area (Å²) >= 11 is 3.14. The highest BCUT2D eigenvalue weighted by molar-refractivity contribution is 9.10. The summed E-state index contributed by atoms with van der Waals surface area (Å²) in [6.07, 6.45) is 4.90. The van der Waals surface area contributed by atoms with E-state index in [0.717, 1.165) is 12.8 Å². The highest BCUT2D eigenvalue weighted by Crippen LogP contribution is 2.26. The first-order chi connectivity index (χ1) is 6.25. The van der Waals surface area contributed by atoms with Crippen molar-refractivity contribution in [3.05, 3.63) is 22.6 Å². The molecule has 13 heavy (non-hydrogen) atoms. The minimum Gasteiger partial charge on any atom is -0.472 e. The smallest absolute Gasteiger partial charge is 0.250 e. The van der Waals surface area contributed by atoms with Gasteiger partial charge in [-0.25, -0.2) is 9.37 Å². The molecule has 70 valence electrons. The summed E-state index contributed by atoms with van der Waals surface area (Å²) in [4.78, 5) is 3.86. The summed E-state index contributed by atoms with van der Waals surface area (Å²) in [6.45, 7) is 0. The molecule has 0 aliphatic heterocycles. The van der Waals surface area contributed by atoms with Crippen LogP contribution in [-0.2, 0) is 0 Å². The molecule has 2 nitrogen and oxygen atoms in total. The highest BCUT2D eigenvalue weighted by atomic mass is 79.9. The molecule has 0 spiro atoms. The van der Waals surface area contributed by atoms with E-state index in [1.807, 2.05) is 0 Å². The van der Waals surface area contributed by atoms with Gasteiger partial charge in [-0.1, -0.05) is 0 Å². The van der Waals surface area contributed by atoms with Gasteiger partial charge in [0.15, 0.2) is 5.82 Å². The molecule has 1 aliphatic rings. The first kappa shape index (κ1) is 8.94. The molecule has 2 rings (SSSR count). The number of halogens is 2. The van der Waals surface area contributed by atoms with Crippen LogP contribution in [0.1, 0.15) is 19.3 Å². The fraction of sp³-hybridized carbons (Fsp3) is 0.444. The SMILES string of the molecule is Fc1cc(Br)cnc1OC1CCC1. The third-order valence-corrected chi connectivity index (χ3v) is 2.54. The van der Waals surface area contributed by atoms with Crippen LogP contribution in [0.3, 0.4) is 0 Å². The number of nitrogens with zero attached hydrogens (tertiary/aromatic N) is 1. The minimum atomic E-state index is -0.402. The lowest BCUT2D eigenvalue weighted by atomic mass is 9.96. The lowest BCUT2D eigenvalue weighted by Crippen LogP contribution is -2.25. The van der Waals surface area contributed by atoms with E-state index in [0.29, 0.717) is 4.47 Å². The molecule has 0 atom stereocenters. The van der Waals surface area contributed by atoms with Crippen molar-refractivity contribution in [1.82, 2.24) is 4.98 Å². The predicted octanol–water partition coefficient (Wildman–Crippen LogP) is 2.91. The summed E-state index contributed by atoms with van der Waals surface area (Å²) in [7, 11) is 0. The van der Waals surface area contributed by atoms with Gasteiger partial charge in [-0.05, 0) is 41.3 Å². The Morgan fingerprint density at radius 2 is 2.31 bits per heavy atom. The van der Waals surface area contributed by atoms with E-state index in [4.69, 9.17) is 4.74 Å². The first-order valence-electron chi connectivity index (χ1n) is 4.23. The Bertz CT molecular complexity index is 314. The van der Waals surface area contributed by atoms with E-state index < -0.39 is 5.82 Å². The molecule has 1 saturated carbocycles. The minimum absolute atomic E-state index is 0.118. The van der Waals surface area contributed by atoms with Crippen LogP contribution in [0.4, 0.5) is 4.39 Å². The van der Waals surface area contributed by atoms with Gasteiger partial charge in [-0.15, -0.1) is 0 Å². The van der Waals surface area contributed by atoms with Crippen LogP contribution in [0.25, 0.3) is 0 Å². The van der Waals surface area contributed by atoms with E-state index >= 15 is 0 Å². The maximum Gasteiger partial charge on any atom is 0.250 e. The molecule has 1 heterocycles. The molecular weight excluding hydrogens is 237 g/mol. The third kappa shape index (κ3) is 1.99. The van der Waals surface area contributed by atoms with Gasteiger partial charge in [0.25, 0.3) is 5.88 Å². The quantitative estimate of drug-likeness (QED) is 0.800. The molecule has 4 heteroatoms. The van der Waals surface area contributed by atoms with Crippen molar-refractivity contribution in [3.63, 3.8) is 0 Å². The molecule has 0 radical (unpaired) electrons.